The summed E-state index contributed by atoms with van der Waals surface area (Å²) in [6, 6.07) is 6.98. The van der Waals surface area contributed by atoms with E-state index < -0.39 is 6.10 Å². The number of rotatable bonds is 6. The third kappa shape index (κ3) is 5.41. The Labute approximate surface area is 135 Å². The van der Waals surface area contributed by atoms with Crippen molar-refractivity contribution in [2.75, 3.05) is 11.9 Å². The monoisotopic (exact) mass is 317 g/mol. The van der Waals surface area contributed by atoms with Gasteiger partial charge in [-0.25, -0.2) is 9.78 Å². The number of urea groups is 1. The van der Waals surface area contributed by atoms with Gasteiger partial charge in [-0.3, -0.25) is 0 Å². The highest BCUT2D eigenvalue weighted by atomic mass is 16.3. The van der Waals surface area contributed by atoms with Crippen molar-refractivity contribution in [3.63, 3.8) is 0 Å². The minimum atomic E-state index is -0.391. The maximum Gasteiger partial charge on any atom is 0.319 e. The molecule has 0 aliphatic carbocycles. The summed E-state index contributed by atoms with van der Waals surface area (Å²) in [7, 11) is 0. The fourth-order valence-corrected chi connectivity index (χ4v) is 2.43. The summed E-state index contributed by atoms with van der Waals surface area (Å²) in [5.41, 5.74) is 1.37. The number of nitrogens with zero attached hydrogens (tertiary/aromatic N) is 1. The van der Waals surface area contributed by atoms with Gasteiger partial charge in [-0.05, 0) is 43.0 Å². The lowest BCUT2D eigenvalue weighted by atomic mass is 9.87. The largest absolute Gasteiger partial charge is 0.445 e. The van der Waals surface area contributed by atoms with Crippen LogP contribution in [0.4, 0.5) is 10.5 Å². The van der Waals surface area contributed by atoms with Crippen LogP contribution in [-0.4, -0.2) is 28.8 Å². The molecular formula is C17H23N3O3. The Morgan fingerprint density at radius 2 is 2.04 bits per heavy atom. The minimum Gasteiger partial charge on any atom is -0.445 e. The molecule has 1 aromatic carbocycles. The number of aromatic nitrogens is 1. The molecule has 3 N–H and O–H groups in total. The van der Waals surface area contributed by atoms with E-state index in [1.807, 2.05) is 26.0 Å². The van der Waals surface area contributed by atoms with Gasteiger partial charge in [-0.2, -0.15) is 0 Å². The van der Waals surface area contributed by atoms with Crippen LogP contribution in [0.5, 0.6) is 0 Å². The first-order chi connectivity index (χ1) is 10.9. The van der Waals surface area contributed by atoms with Gasteiger partial charge in [0.25, 0.3) is 0 Å². The lowest BCUT2D eigenvalue weighted by molar-refractivity contribution is 0.129. The van der Waals surface area contributed by atoms with E-state index in [9.17, 15) is 9.90 Å². The number of nitrogens with one attached hydrogen (secondary N) is 2. The molecule has 6 nitrogen and oxygen atoms in total. The Morgan fingerprint density at radius 1 is 1.35 bits per heavy atom. The van der Waals surface area contributed by atoms with Crippen LogP contribution >= 0.6 is 0 Å². The molecule has 2 amide bonds. The Kier molecular flexibility index (Phi) is 5.39. The molecule has 0 saturated carbocycles. The molecule has 124 valence electrons. The van der Waals surface area contributed by atoms with Gasteiger partial charge in [0.15, 0.2) is 0 Å². The number of anilines is 1. The fraction of sp³-hybridized carbons (Fsp3) is 0.412. The molecule has 1 aromatic heterocycles. The van der Waals surface area contributed by atoms with E-state index in [1.54, 1.807) is 25.3 Å². The quantitative estimate of drug-likeness (QED) is 0.763. The predicted octanol–water partition coefficient (Wildman–Crippen LogP) is 3.26. The molecule has 0 fully saturated rings. The Morgan fingerprint density at radius 3 is 2.61 bits per heavy atom. The van der Waals surface area contributed by atoms with Crippen molar-refractivity contribution in [1.29, 1.82) is 0 Å². The topological polar surface area (TPSA) is 87.4 Å². The fourth-order valence-electron chi connectivity index (χ4n) is 2.43. The second-order valence-corrected chi connectivity index (χ2v) is 6.44. The summed E-state index contributed by atoms with van der Waals surface area (Å²) < 4.78 is 5.22. The van der Waals surface area contributed by atoms with Crippen LogP contribution in [0.1, 0.15) is 27.2 Å². The average molecular weight is 317 g/mol. The molecule has 0 aliphatic heterocycles. The lowest BCUT2D eigenvalue weighted by Crippen LogP contribution is -2.38. The van der Waals surface area contributed by atoms with Gasteiger partial charge in [0.05, 0.1) is 12.3 Å². The molecule has 0 aliphatic rings. The molecule has 2 rings (SSSR count). The van der Waals surface area contributed by atoms with Crippen LogP contribution in [0, 0.1) is 5.41 Å². The number of aliphatic hydroxyl groups excluding tert-OH is 1. The van der Waals surface area contributed by atoms with E-state index in [0.717, 1.165) is 5.56 Å². The number of amides is 2. The highest BCUT2D eigenvalue weighted by Crippen LogP contribution is 2.21. The molecule has 0 saturated heterocycles. The molecule has 1 unspecified atom stereocenters. The van der Waals surface area contributed by atoms with E-state index in [4.69, 9.17) is 4.42 Å². The van der Waals surface area contributed by atoms with E-state index in [1.165, 1.54) is 6.26 Å². The first-order valence-corrected chi connectivity index (χ1v) is 7.58. The Balaban J connectivity index is 1.86. The normalized spacial score (nSPS) is 12.7. The maximum absolute atomic E-state index is 11.9. The third-order valence-corrected chi connectivity index (χ3v) is 3.40. The van der Waals surface area contributed by atoms with Gasteiger partial charge < -0.3 is 20.2 Å². The molecule has 0 radical (unpaired) electrons. The summed E-state index contributed by atoms with van der Waals surface area (Å²) in [4.78, 5) is 16.0. The summed E-state index contributed by atoms with van der Waals surface area (Å²) in [6.07, 6.45) is 3.34. The smallest absolute Gasteiger partial charge is 0.319 e. The van der Waals surface area contributed by atoms with Crippen molar-refractivity contribution in [2.45, 2.75) is 33.3 Å². The van der Waals surface area contributed by atoms with E-state index >= 15 is 0 Å². The number of aliphatic hydroxyl groups is 1. The number of carbonyl (C=O) groups excluding carboxylic acids is 1. The van der Waals surface area contributed by atoms with Gasteiger partial charge in [-0.15, -0.1) is 0 Å². The summed E-state index contributed by atoms with van der Waals surface area (Å²) in [6.45, 7) is 6.24. The SMILES string of the molecule is CC(O)CC(C)(C)CNC(=O)Nc1ccc(-c2ncco2)cc1. The van der Waals surface area contributed by atoms with Crippen molar-refractivity contribution >= 4 is 11.7 Å². The highest BCUT2D eigenvalue weighted by molar-refractivity contribution is 5.89. The van der Waals surface area contributed by atoms with Crippen LogP contribution in [0.15, 0.2) is 41.1 Å². The number of oxazole rings is 1. The highest BCUT2D eigenvalue weighted by Gasteiger charge is 2.21. The zero-order valence-electron chi connectivity index (χ0n) is 13.7. The Bertz CT molecular complexity index is 619. The zero-order valence-corrected chi connectivity index (χ0v) is 13.7. The van der Waals surface area contributed by atoms with Crippen LogP contribution < -0.4 is 10.6 Å². The molecular weight excluding hydrogens is 294 g/mol. The van der Waals surface area contributed by atoms with Gasteiger partial charge >= 0.3 is 6.03 Å². The number of hydrogen-bond acceptors (Lipinski definition) is 4. The summed E-state index contributed by atoms with van der Waals surface area (Å²) in [5, 5.41) is 15.1. The lowest BCUT2D eigenvalue weighted by Gasteiger charge is -2.26. The van der Waals surface area contributed by atoms with Gasteiger partial charge in [0.1, 0.15) is 6.26 Å². The van der Waals surface area contributed by atoms with Crippen molar-refractivity contribution in [3.05, 3.63) is 36.7 Å². The van der Waals surface area contributed by atoms with Crippen molar-refractivity contribution in [2.24, 2.45) is 5.41 Å². The van der Waals surface area contributed by atoms with Gasteiger partial charge in [-0.1, -0.05) is 13.8 Å². The predicted molar refractivity (Wildman–Crippen MR) is 89.0 cm³/mol. The molecule has 2 aromatic rings. The summed E-state index contributed by atoms with van der Waals surface area (Å²) >= 11 is 0. The third-order valence-electron chi connectivity index (χ3n) is 3.40. The first-order valence-electron chi connectivity index (χ1n) is 7.58. The standard InChI is InChI=1S/C17H23N3O3/c1-12(21)10-17(2,3)11-19-16(22)20-14-6-4-13(5-7-14)15-18-8-9-23-15/h4-9,12,21H,10-11H2,1-3H3,(H2,19,20,22). The van der Waals surface area contributed by atoms with E-state index in [2.05, 4.69) is 15.6 Å². The minimum absolute atomic E-state index is 0.166. The second-order valence-electron chi connectivity index (χ2n) is 6.44. The van der Waals surface area contributed by atoms with E-state index in [-0.39, 0.29) is 11.4 Å². The van der Waals surface area contributed by atoms with E-state index in [0.29, 0.717) is 24.5 Å². The number of carbonyl (C=O) groups is 1. The first kappa shape index (κ1) is 17.0. The molecule has 6 heteroatoms. The molecule has 0 spiro atoms. The Hall–Kier alpha value is -2.34. The number of benzene rings is 1. The van der Waals surface area contributed by atoms with Crippen molar-refractivity contribution in [1.82, 2.24) is 10.3 Å². The number of hydrogen-bond donors (Lipinski definition) is 3. The van der Waals surface area contributed by atoms with Crippen LogP contribution in [0.2, 0.25) is 0 Å². The van der Waals surface area contributed by atoms with Crippen LogP contribution in [0.25, 0.3) is 11.5 Å². The van der Waals surface area contributed by atoms with Crippen molar-refractivity contribution < 1.29 is 14.3 Å². The van der Waals surface area contributed by atoms with Gasteiger partial charge in [0, 0.05) is 17.8 Å². The molecule has 0 bridgehead atoms. The maximum atomic E-state index is 11.9. The molecule has 1 heterocycles. The molecule has 23 heavy (non-hydrogen) atoms. The van der Waals surface area contributed by atoms with Crippen molar-refractivity contribution in [3.8, 4) is 11.5 Å². The van der Waals surface area contributed by atoms with Crippen LogP contribution in [0.3, 0.4) is 0 Å². The second kappa shape index (κ2) is 7.28. The summed E-state index contributed by atoms with van der Waals surface area (Å²) in [5.74, 6) is 0.542. The zero-order chi connectivity index (χ0) is 16.9. The molecule has 1 atom stereocenters. The van der Waals surface area contributed by atoms with Crippen LogP contribution in [-0.2, 0) is 0 Å². The average Bonchev–Trinajstić information content (AvgIpc) is 2.99. The van der Waals surface area contributed by atoms with Gasteiger partial charge in [0.2, 0.25) is 5.89 Å².